The zero-order chi connectivity index (χ0) is 19.4. The normalized spacial score (nSPS) is 18.1. The third-order valence-electron chi connectivity index (χ3n) is 5.77. The molecule has 1 N–H and O–H groups in total. The SMILES string of the molecule is CCC(C)(Pc1ccc(F)cc1CN1CCCCC1)c1cc(C)ccc1O. The average molecular weight is 387 g/mol. The molecule has 0 bridgehead atoms. The lowest BCUT2D eigenvalue weighted by atomic mass is 9.95. The van der Waals surface area contributed by atoms with Crippen LogP contribution < -0.4 is 5.30 Å². The molecule has 2 nitrogen and oxygen atoms in total. The van der Waals surface area contributed by atoms with Crippen molar-refractivity contribution in [2.24, 2.45) is 0 Å². The third-order valence-corrected chi connectivity index (χ3v) is 7.71. The first-order chi connectivity index (χ1) is 12.9. The Balaban J connectivity index is 1.91. The smallest absolute Gasteiger partial charge is 0.123 e. The van der Waals surface area contributed by atoms with Gasteiger partial charge in [-0.15, -0.1) is 0 Å². The quantitative estimate of drug-likeness (QED) is 0.666. The maximum absolute atomic E-state index is 14.0. The highest BCUT2D eigenvalue weighted by Gasteiger charge is 2.29. The Bertz CT molecular complexity index is 788. The number of hydrogen-bond acceptors (Lipinski definition) is 2. The summed E-state index contributed by atoms with van der Waals surface area (Å²) in [5.74, 6) is 0.198. The maximum Gasteiger partial charge on any atom is 0.123 e. The summed E-state index contributed by atoms with van der Waals surface area (Å²) in [6.45, 7) is 9.46. The number of rotatable bonds is 6. The molecule has 1 fully saturated rings. The van der Waals surface area contributed by atoms with Crippen LogP contribution in [0.25, 0.3) is 0 Å². The van der Waals surface area contributed by atoms with E-state index >= 15 is 0 Å². The molecule has 0 amide bonds. The lowest BCUT2D eigenvalue weighted by Crippen LogP contribution is -2.31. The van der Waals surface area contributed by atoms with Crippen molar-refractivity contribution in [2.45, 2.75) is 58.2 Å². The Morgan fingerprint density at radius 1 is 1.11 bits per heavy atom. The molecule has 0 spiro atoms. The number of phenols is 1. The average Bonchev–Trinajstić information content (AvgIpc) is 2.66. The van der Waals surface area contributed by atoms with E-state index in [2.05, 4.69) is 31.7 Å². The van der Waals surface area contributed by atoms with E-state index in [0.29, 0.717) is 14.3 Å². The van der Waals surface area contributed by atoms with Crippen molar-refractivity contribution in [3.05, 3.63) is 58.9 Å². The van der Waals surface area contributed by atoms with E-state index in [4.69, 9.17) is 0 Å². The summed E-state index contributed by atoms with van der Waals surface area (Å²) >= 11 is 0. The second-order valence-electron chi connectivity index (χ2n) is 7.97. The van der Waals surface area contributed by atoms with E-state index < -0.39 is 0 Å². The second kappa shape index (κ2) is 8.71. The molecule has 1 aliphatic heterocycles. The summed E-state index contributed by atoms with van der Waals surface area (Å²) in [6, 6.07) is 11.1. The molecule has 1 saturated heterocycles. The zero-order valence-electron chi connectivity index (χ0n) is 16.7. The molecule has 0 aliphatic carbocycles. The van der Waals surface area contributed by atoms with Crippen LogP contribution in [0.2, 0.25) is 0 Å². The van der Waals surface area contributed by atoms with Crippen molar-refractivity contribution in [3.63, 3.8) is 0 Å². The first kappa shape index (κ1) is 20.3. The van der Waals surface area contributed by atoms with Gasteiger partial charge in [-0.05, 0) is 68.3 Å². The second-order valence-corrected chi connectivity index (χ2v) is 9.86. The Morgan fingerprint density at radius 3 is 2.56 bits per heavy atom. The molecule has 3 rings (SSSR count). The molecule has 2 aromatic carbocycles. The van der Waals surface area contributed by atoms with Gasteiger partial charge in [0.15, 0.2) is 0 Å². The minimum Gasteiger partial charge on any atom is -0.508 e. The van der Waals surface area contributed by atoms with Gasteiger partial charge < -0.3 is 5.11 Å². The lowest BCUT2D eigenvalue weighted by Gasteiger charge is -2.32. The fourth-order valence-corrected chi connectivity index (χ4v) is 5.49. The molecule has 2 aromatic rings. The van der Waals surface area contributed by atoms with Gasteiger partial charge in [-0.25, -0.2) is 4.39 Å². The van der Waals surface area contributed by atoms with Crippen LogP contribution in [0.1, 0.15) is 56.2 Å². The van der Waals surface area contributed by atoms with Crippen molar-refractivity contribution in [2.75, 3.05) is 13.1 Å². The highest BCUT2D eigenvalue weighted by Crippen LogP contribution is 2.47. The summed E-state index contributed by atoms with van der Waals surface area (Å²) < 4.78 is 14.0. The highest BCUT2D eigenvalue weighted by molar-refractivity contribution is 7.48. The molecule has 0 saturated carbocycles. The Kier molecular flexibility index (Phi) is 6.55. The number of nitrogens with zero attached hydrogens (tertiary/aromatic N) is 1. The first-order valence-corrected chi connectivity index (χ1v) is 11.0. The molecule has 0 aromatic heterocycles. The third kappa shape index (κ3) is 4.89. The number of hydrogen-bond donors (Lipinski definition) is 1. The summed E-state index contributed by atoms with van der Waals surface area (Å²) in [7, 11) is 0.482. The van der Waals surface area contributed by atoms with Gasteiger partial charge in [0.25, 0.3) is 0 Å². The van der Waals surface area contributed by atoms with Gasteiger partial charge in [0.05, 0.1) is 0 Å². The minimum atomic E-state index is -0.162. The van der Waals surface area contributed by atoms with Gasteiger partial charge >= 0.3 is 0 Å². The van der Waals surface area contributed by atoms with Gasteiger partial charge in [-0.2, -0.15) is 0 Å². The van der Waals surface area contributed by atoms with E-state index in [1.54, 1.807) is 18.2 Å². The molecule has 1 heterocycles. The van der Waals surface area contributed by atoms with Crippen molar-refractivity contribution >= 4 is 13.9 Å². The number of aromatic hydroxyl groups is 1. The molecule has 1 aliphatic rings. The summed E-state index contributed by atoms with van der Waals surface area (Å²) in [6.07, 6.45) is 4.69. The van der Waals surface area contributed by atoms with Crippen LogP contribution in [-0.2, 0) is 11.7 Å². The summed E-state index contributed by atoms with van der Waals surface area (Å²) in [5, 5.41) is 11.5. The number of benzene rings is 2. The predicted octanol–water partition coefficient (Wildman–Crippen LogP) is 5.45. The van der Waals surface area contributed by atoms with E-state index in [1.165, 1.54) is 24.6 Å². The lowest BCUT2D eigenvalue weighted by molar-refractivity contribution is 0.221. The van der Waals surface area contributed by atoms with Crippen LogP contribution in [0.15, 0.2) is 36.4 Å². The molecular formula is C23H31FNOP. The van der Waals surface area contributed by atoms with Crippen molar-refractivity contribution in [3.8, 4) is 5.75 Å². The van der Waals surface area contributed by atoms with E-state index in [9.17, 15) is 9.50 Å². The molecule has 2 atom stereocenters. The summed E-state index contributed by atoms with van der Waals surface area (Å²) in [4.78, 5) is 2.44. The monoisotopic (exact) mass is 387 g/mol. The fraction of sp³-hybridized carbons (Fsp3) is 0.478. The fourth-order valence-electron chi connectivity index (χ4n) is 3.91. The van der Waals surface area contributed by atoms with Crippen LogP contribution in [0, 0.1) is 12.7 Å². The van der Waals surface area contributed by atoms with Crippen molar-refractivity contribution < 1.29 is 9.50 Å². The van der Waals surface area contributed by atoms with Crippen LogP contribution in [0.5, 0.6) is 5.75 Å². The largest absolute Gasteiger partial charge is 0.508 e. The topological polar surface area (TPSA) is 23.5 Å². The summed E-state index contributed by atoms with van der Waals surface area (Å²) in [5.41, 5.74) is 3.25. The van der Waals surface area contributed by atoms with E-state index in [-0.39, 0.29) is 11.0 Å². The van der Waals surface area contributed by atoms with Gasteiger partial charge in [0.2, 0.25) is 0 Å². The van der Waals surface area contributed by atoms with Gasteiger partial charge in [-0.3, -0.25) is 4.90 Å². The standard InChI is InChI=1S/C23H31FNOP/c1-4-23(3,20-14-17(2)8-10-21(20)26)27-22-11-9-19(24)15-18(22)16-25-12-6-5-7-13-25/h8-11,14-15,26-27H,4-7,12-13,16H2,1-3H3. The highest BCUT2D eigenvalue weighted by atomic mass is 31.1. The molecule has 4 heteroatoms. The molecule has 0 radical (unpaired) electrons. The molecule has 146 valence electrons. The van der Waals surface area contributed by atoms with Crippen molar-refractivity contribution in [1.29, 1.82) is 0 Å². The van der Waals surface area contributed by atoms with Crippen LogP contribution in [0.4, 0.5) is 4.39 Å². The van der Waals surface area contributed by atoms with Crippen LogP contribution in [-0.4, -0.2) is 23.1 Å². The van der Waals surface area contributed by atoms with E-state index in [0.717, 1.165) is 42.7 Å². The zero-order valence-corrected chi connectivity index (χ0v) is 17.7. The van der Waals surface area contributed by atoms with E-state index in [1.807, 2.05) is 12.1 Å². The Labute approximate surface area is 164 Å². The molecule has 27 heavy (non-hydrogen) atoms. The van der Waals surface area contributed by atoms with Crippen LogP contribution in [0.3, 0.4) is 0 Å². The molecule has 2 unspecified atom stereocenters. The maximum atomic E-state index is 14.0. The van der Waals surface area contributed by atoms with Crippen LogP contribution >= 0.6 is 8.58 Å². The number of piperidine rings is 1. The number of halogens is 1. The first-order valence-electron chi connectivity index (χ1n) is 10.0. The minimum absolute atomic E-state index is 0.160. The van der Waals surface area contributed by atoms with Gasteiger partial charge in [0, 0.05) is 17.3 Å². The Hall–Kier alpha value is -1.44. The predicted molar refractivity (Wildman–Crippen MR) is 114 cm³/mol. The molecular weight excluding hydrogens is 356 g/mol. The van der Waals surface area contributed by atoms with Gasteiger partial charge in [-0.1, -0.05) is 52.6 Å². The Morgan fingerprint density at radius 2 is 1.85 bits per heavy atom. The number of aryl methyl sites for hydroxylation is 1. The number of likely N-dealkylation sites (tertiary alicyclic amines) is 1. The van der Waals surface area contributed by atoms with Gasteiger partial charge in [0.1, 0.15) is 11.6 Å². The number of phenolic OH excluding ortho intramolecular Hbond substituents is 1. The van der Waals surface area contributed by atoms with Crippen molar-refractivity contribution in [1.82, 2.24) is 4.90 Å².